The van der Waals surface area contributed by atoms with Crippen molar-refractivity contribution in [3.05, 3.63) is 34.2 Å². The molecule has 1 unspecified atom stereocenters. The van der Waals surface area contributed by atoms with Gasteiger partial charge in [-0.25, -0.2) is 4.79 Å². The van der Waals surface area contributed by atoms with Gasteiger partial charge in [0.15, 0.2) is 0 Å². The van der Waals surface area contributed by atoms with Crippen LogP contribution in [0.4, 0.5) is 0 Å². The first-order valence-corrected chi connectivity index (χ1v) is 5.02. The van der Waals surface area contributed by atoms with E-state index in [9.17, 15) is 14.4 Å². The highest BCUT2D eigenvalue weighted by atomic mass is 16.4. The Balaban J connectivity index is 3.09. The number of carboxylic acid groups (broad SMARTS) is 1. The number of hydrogen-bond donors (Lipinski definition) is 1. The highest BCUT2D eigenvalue weighted by Crippen LogP contribution is 2.02. The molecule has 0 bridgehead atoms. The Labute approximate surface area is 98.1 Å². The van der Waals surface area contributed by atoms with E-state index in [1.165, 1.54) is 37.8 Å². The number of pyridine rings is 1. The van der Waals surface area contributed by atoms with Crippen molar-refractivity contribution in [1.29, 1.82) is 0 Å². The summed E-state index contributed by atoms with van der Waals surface area (Å²) < 4.78 is 1.27. The van der Waals surface area contributed by atoms with Gasteiger partial charge in [-0.2, -0.15) is 0 Å². The molecule has 0 fully saturated rings. The molecule has 1 amide bonds. The standard InChI is InChI=1S/C11H14N2O4/c1-7(11(16)17)13(3)10(15)8-5-4-6-12(2)9(8)14/h4-7H,1-3H3,(H,16,17). The molecule has 1 aromatic heterocycles. The number of carbonyl (C=O) groups is 2. The quantitative estimate of drug-likeness (QED) is 0.799. The van der Waals surface area contributed by atoms with Gasteiger partial charge < -0.3 is 14.6 Å². The van der Waals surface area contributed by atoms with Gasteiger partial charge in [-0.05, 0) is 19.1 Å². The second-order valence-corrected chi connectivity index (χ2v) is 3.77. The number of nitrogens with zero attached hydrogens (tertiary/aromatic N) is 2. The summed E-state index contributed by atoms with van der Waals surface area (Å²) in [4.78, 5) is 35.4. The summed E-state index contributed by atoms with van der Waals surface area (Å²) in [7, 11) is 2.88. The van der Waals surface area contributed by atoms with Crippen LogP contribution < -0.4 is 5.56 Å². The zero-order valence-corrected chi connectivity index (χ0v) is 9.88. The molecule has 1 atom stereocenters. The van der Waals surface area contributed by atoms with E-state index in [1.54, 1.807) is 6.07 Å². The van der Waals surface area contributed by atoms with Crippen LogP contribution in [-0.4, -0.2) is 39.5 Å². The lowest BCUT2D eigenvalue weighted by molar-refractivity contribution is -0.141. The van der Waals surface area contributed by atoms with E-state index < -0.39 is 23.5 Å². The fourth-order valence-corrected chi connectivity index (χ4v) is 1.29. The number of amides is 1. The molecule has 0 radical (unpaired) electrons. The maximum atomic E-state index is 11.9. The second-order valence-electron chi connectivity index (χ2n) is 3.77. The monoisotopic (exact) mass is 238 g/mol. The maximum Gasteiger partial charge on any atom is 0.326 e. The van der Waals surface area contributed by atoms with E-state index in [-0.39, 0.29) is 5.56 Å². The molecule has 0 saturated carbocycles. The summed E-state index contributed by atoms with van der Waals surface area (Å²) in [5.41, 5.74) is -0.479. The molecule has 0 aliphatic carbocycles. The smallest absolute Gasteiger partial charge is 0.326 e. The number of hydrogen-bond acceptors (Lipinski definition) is 3. The van der Waals surface area contributed by atoms with Crippen molar-refractivity contribution in [2.75, 3.05) is 7.05 Å². The molecule has 0 aromatic carbocycles. The summed E-state index contributed by atoms with van der Waals surface area (Å²) in [5.74, 6) is -1.71. The van der Waals surface area contributed by atoms with E-state index in [1.807, 2.05) is 0 Å². The molecular formula is C11H14N2O4. The lowest BCUT2D eigenvalue weighted by Crippen LogP contribution is -2.42. The number of carbonyl (C=O) groups excluding carboxylic acids is 1. The lowest BCUT2D eigenvalue weighted by atomic mass is 10.2. The largest absolute Gasteiger partial charge is 0.480 e. The van der Waals surface area contributed by atoms with Crippen molar-refractivity contribution in [2.45, 2.75) is 13.0 Å². The van der Waals surface area contributed by atoms with Crippen LogP contribution in [0.3, 0.4) is 0 Å². The van der Waals surface area contributed by atoms with Crippen LogP contribution in [0.15, 0.2) is 23.1 Å². The number of aryl methyl sites for hydroxylation is 1. The number of carboxylic acids is 1. The molecular weight excluding hydrogens is 224 g/mol. The van der Waals surface area contributed by atoms with Crippen molar-refractivity contribution in [3.63, 3.8) is 0 Å². The van der Waals surface area contributed by atoms with E-state index in [2.05, 4.69) is 0 Å². The number of aromatic nitrogens is 1. The third kappa shape index (κ3) is 2.52. The first-order valence-electron chi connectivity index (χ1n) is 5.02. The lowest BCUT2D eigenvalue weighted by Gasteiger charge is -2.21. The van der Waals surface area contributed by atoms with Gasteiger partial charge in [-0.3, -0.25) is 9.59 Å². The molecule has 1 heterocycles. The molecule has 6 nitrogen and oxygen atoms in total. The molecule has 0 aliphatic heterocycles. The van der Waals surface area contributed by atoms with Gasteiger partial charge in [0.25, 0.3) is 11.5 Å². The van der Waals surface area contributed by atoms with Crippen LogP contribution in [0.25, 0.3) is 0 Å². The Morgan fingerprint density at radius 3 is 2.59 bits per heavy atom. The van der Waals surface area contributed by atoms with Crippen LogP contribution in [0.1, 0.15) is 17.3 Å². The van der Waals surface area contributed by atoms with Gasteiger partial charge >= 0.3 is 5.97 Å². The summed E-state index contributed by atoms with van der Waals surface area (Å²) in [6, 6.07) is 1.97. The van der Waals surface area contributed by atoms with Crippen molar-refractivity contribution >= 4 is 11.9 Å². The Bertz CT molecular complexity index is 506. The molecule has 1 N–H and O–H groups in total. The predicted octanol–water partition coefficient (Wildman–Crippen LogP) is -0.0696. The minimum atomic E-state index is -1.12. The van der Waals surface area contributed by atoms with Gasteiger partial charge in [-0.1, -0.05) is 0 Å². The Kier molecular flexibility index (Phi) is 3.67. The molecule has 92 valence electrons. The van der Waals surface area contributed by atoms with Gasteiger partial charge in [0.1, 0.15) is 11.6 Å². The molecule has 1 rings (SSSR count). The SMILES string of the molecule is CC(C(=O)O)N(C)C(=O)c1cccn(C)c1=O. The molecule has 0 spiro atoms. The first kappa shape index (κ1) is 13.0. The maximum absolute atomic E-state index is 11.9. The van der Waals surface area contributed by atoms with Crippen molar-refractivity contribution in [2.24, 2.45) is 7.05 Å². The van der Waals surface area contributed by atoms with Crippen molar-refractivity contribution < 1.29 is 14.7 Å². The van der Waals surface area contributed by atoms with Crippen LogP contribution in [0.2, 0.25) is 0 Å². The Morgan fingerprint density at radius 1 is 1.47 bits per heavy atom. The highest BCUT2D eigenvalue weighted by molar-refractivity contribution is 5.96. The predicted molar refractivity (Wildman–Crippen MR) is 60.9 cm³/mol. The fourth-order valence-electron chi connectivity index (χ4n) is 1.29. The van der Waals surface area contributed by atoms with Crippen LogP contribution >= 0.6 is 0 Å². The van der Waals surface area contributed by atoms with Crippen LogP contribution in [0.5, 0.6) is 0 Å². The third-order valence-corrected chi connectivity index (χ3v) is 2.61. The number of aliphatic carboxylic acids is 1. The van der Waals surface area contributed by atoms with Gasteiger partial charge in [0.2, 0.25) is 0 Å². The molecule has 1 aromatic rings. The van der Waals surface area contributed by atoms with Crippen LogP contribution in [0, 0.1) is 0 Å². The Hall–Kier alpha value is -2.11. The van der Waals surface area contributed by atoms with Gasteiger partial charge in [-0.15, -0.1) is 0 Å². The number of likely N-dealkylation sites (N-methyl/N-ethyl adjacent to an activating group) is 1. The summed E-state index contributed by atoms with van der Waals surface area (Å²) in [5, 5.41) is 8.79. The molecule has 17 heavy (non-hydrogen) atoms. The fraction of sp³-hybridized carbons (Fsp3) is 0.364. The van der Waals surface area contributed by atoms with E-state index in [4.69, 9.17) is 5.11 Å². The molecule has 0 saturated heterocycles. The van der Waals surface area contributed by atoms with Gasteiger partial charge in [0, 0.05) is 20.3 Å². The average Bonchev–Trinajstić information content (AvgIpc) is 2.29. The minimum Gasteiger partial charge on any atom is -0.480 e. The summed E-state index contributed by atoms with van der Waals surface area (Å²) >= 11 is 0. The van der Waals surface area contributed by atoms with E-state index in [0.717, 1.165) is 4.90 Å². The zero-order valence-electron chi connectivity index (χ0n) is 9.88. The highest BCUT2D eigenvalue weighted by Gasteiger charge is 2.24. The van der Waals surface area contributed by atoms with Gasteiger partial charge in [0.05, 0.1) is 0 Å². The minimum absolute atomic E-state index is 0.0365. The second kappa shape index (κ2) is 4.82. The summed E-state index contributed by atoms with van der Waals surface area (Å²) in [6.45, 7) is 1.38. The van der Waals surface area contributed by atoms with E-state index in [0.29, 0.717) is 0 Å². The van der Waals surface area contributed by atoms with Crippen molar-refractivity contribution in [1.82, 2.24) is 9.47 Å². The first-order chi connectivity index (χ1) is 7.86. The number of rotatable bonds is 3. The Morgan fingerprint density at radius 2 is 2.06 bits per heavy atom. The topological polar surface area (TPSA) is 79.6 Å². The van der Waals surface area contributed by atoms with Crippen LogP contribution in [-0.2, 0) is 11.8 Å². The zero-order chi connectivity index (χ0) is 13.2. The van der Waals surface area contributed by atoms with E-state index >= 15 is 0 Å². The third-order valence-electron chi connectivity index (χ3n) is 2.61. The average molecular weight is 238 g/mol. The molecule has 0 aliphatic rings. The summed E-state index contributed by atoms with van der Waals surface area (Å²) in [6.07, 6.45) is 1.53. The van der Waals surface area contributed by atoms with Crippen molar-refractivity contribution in [3.8, 4) is 0 Å². The molecule has 6 heteroatoms. The normalized spacial score (nSPS) is 11.9.